The van der Waals surface area contributed by atoms with Crippen molar-refractivity contribution in [3.63, 3.8) is 0 Å². The molecule has 0 amide bonds. The number of benzene rings is 1. The number of aryl methyl sites for hydroxylation is 1. The van der Waals surface area contributed by atoms with Crippen molar-refractivity contribution in [2.75, 3.05) is 0 Å². The molecule has 1 aliphatic carbocycles. The number of rotatable bonds is 4. The lowest BCUT2D eigenvalue weighted by Gasteiger charge is -2.12. The normalized spacial score (nSPS) is 13.5. The van der Waals surface area contributed by atoms with Crippen molar-refractivity contribution in [2.24, 2.45) is 0 Å². The molecular weight excluding hydrogens is 302 g/mol. The van der Waals surface area contributed by atoms with E-state index in [2.05, 4.69) is 0 Å². The highest BCUT2D eigenvalue weighted by Crippen LogP contribution is 2.31. The van der Waals surface area contributed by atoms with E-state index in [9.17, 15) is 14.9 Å². The lowest BCUT2D eigenvalue weighted by atomic mass is 9.96. The zero-order valence-electron chi connectivity index (χ0n) is 11.9. The molecule has 0 unspecified atom stereocenters. The molecule has 0 saturated carbocycles. The number of fused-ring (bicyclic) bond motifs is 1. The van der Waals surface area contributed by atoms with E-state index in [1.165, 1.54) is 10.9 Å². The molecule has 1 aliphatic rings. The Morgan fingerprint density at radius 2 is 2.05 bits per heavy atom. The Kier molecular flexibility index (Phi) is 4.20. The van der Waals surface area contributed by atoms with Crippen molar-refractivity contribution in [3.8, 4) is 0 Å². The molecular formula is C16H15NO4S. The van der Waals surface area contributed by atoms with Crippen LogP contribution in [0.15, 0.2) is 29.6 Å². The van der Waals surface area contributed by atoms with Gasteiger partial charge >= 0.3 is 5.97 Å². The first-order valence-electron chi connectivity index (χ1n) is 7.15. The number of nitrogens with zero attached hydrogens (tertiary/aromatic N) is 1. The lowest BCUT2D eigenvalue weighted by Crippen LogP contribution is -2.10. The topological polar surface area (TPSA) is 69.4 Å². The molecule has 0 N–H and O–H groups in total. The first kappa shape index (κ1) is 14.7. The molecule has 0 bridgehead atoms. The summed E-state index contributed by atoms with van der Waals surface area (Å²) >= 11 is 1.60. The summed E-state index contributed by atoms with van der Waals surface area (Å²) in [5.74, 6) is -0.391. The molecule has 5 nitrogen and oxygen atoms in total. The number of para-hydroxylation sites is 1. The highest BCUT2D eigenvalue weighted by atomic mass is 32.1. The van der Waals surface area contributed by atoms with Gasteiger partial charge in [0.05, 0.1) is 16.1 Å². The largest absolute Gasteiger partial charge is 0.457 e. The molecule has 0 fully saturated rings. The van der Waals surface area contributed by atoms with Gasteiger partial charge in [-0.05, 0) is 37.3 Å². The second-order valence-electron chi connectivity index (χ2n) is 5.22. The minimum Gasteiger partial charge on any atom is -0.457 e. The average molecular weight is 317 g/mol. The van der Waals surface area contributed by atoms with Crippen LogP contribution in [0.1, 0.15) is 39.2 Å². The highest BCUT2D eigenvalue weighted by molar-refractivity contribution is 7.10. The van der Waals surface area contributed by atoms with Crippen LogP contribution in [0.25, 0.3) is 0 Å². The summed E-state index contributed by atoms with van der Waals surface area (Å²) in [6.07, 6.45) is 4.19. The fourth-order valence-corrected chi connectivity index (χ4v) is 3.81. The van der Waals surface area contributed by atoms with Gasteiger partial charge in [0.2, 0.25) is 0 Å². The van der Waals surface area contributed by atoms with Crippen LogP contribution >= 0.6 is 11.3 Å². The van der Waals surface area contributed by atoms with Gasteiger partial charge in [0.1, 0.15) is 6.61 Å². The third-order valence-electron chi connectivity index (χ3n) is 3.83. The monoisotopic (exact) mass is 317 g/mol. The average Bonchev–Trinajstić information content (AvgIpc) is 2.97. The van der Waals surface area contributed by atoms with Gasteiger partial charge in [0.15, 0.2) is 0 Å². The quantitative estimate of drug-likeness (QED) is 0.487. The van der Waals surface area contributed by atoms with Crippen LogP contribution in [-0.2, 0) is 24.2 Å². The summed E-state index contributed by atoms with van der Waals surface area (Å²) < 4.78 is 5.29. The Bertz CT molecular complexity index is 723. The second-order valence-corrected chi connectivity index (χ2v) is 6.18. The van der Waals surface area contributed by atoms with Gasteiger partial charge in [0.25, 0.3) is 5.69 Å². The Hall–Kier alpha value is -2.21. The standard InChI is InChI=1S/C16H15NO4S/c18-16(13-10-22-15-8-4-2-6-12(13)15)21-9-11-5-1-3-7-14(11)17(19)20/h1,3,5,7,10H,2,4,6,8-9H2. The number of carbonyl (C=O) groups is 1. The van der Waals surface area contributed by atoms with Crippen molar-refractivity contribution in [1.29, 1.82) is 0 Å². The highest BCUT2D eigenvalue weighted by Gasteiger charge is 2.22. The first-order valence-corrected chi connectivity index (χ1v) is 8.03. The van der Waals surface area contributed by atoms with E-state index in [4.69, 9.17) is 4.74 Å². The lowest BCUT2D eigenvalue weighted by molar-refractivity contribution is -0.385. The fourth-order valence-electron chi connectivity index (χ4n) is 2.70. The molecule has 1 heterocycles. The Labute approximate surface area is 131 Å². The number of thiophene rings is 1. The van der Waals surface area contributed by atoms with Gasteiger partial charge in [-0.25, -0.2) is 4.79 Å². The van der Waals surface area contributed by atoms with E-state index in [1.54, 1.807) is 29.5 Å². The molecule has 0 spiro atoms. The van der Waals surface area contributed by atoms with Crippen molar-refractivity contribution in [3.05, 3.63) is 61.3 Å². The van der Waals surface area contributed by atoms with E-state index in [1.807, 2.05) is 5.38 Å². The number of nitro groups is 1. The SMILES string of the molecule is O=C(OCc1ccccc1[N+](=O)[O-])c1csc2c1CCCC2. The minimum absolute atomic E-state index is 0.0253. The van der Waals surface area contributed by atoms with Gasteiger partial charge in [-0.3, -0.25) is 10.1 Å². The van der Waals surface area contributed by atoms with Crippen molar-refractivity contribution < 1.29 is 14.5 Å². The van der Waals surface area contributed by atoms with Crippen LogP contribution < -0.4 is 0 Å². The zero-order valence-corrected chi connectivity index (χ0v) is 12.7. The van der Waals surface area contributed by atoms with E-state index >= 15 is 0 Å². The molecule has 114 valence electrons. The summed E-state index contributed by atoms with van der Waals surface area (Å²) in [6.45, 7) is -0.0827. The number of esters is 1. The zero-order chi connectivity index (χ0) is 15.5. The van der Waals surface area contributed by atoms with Crippen LogP contribution in [0.4, 0.5) is 5.69 Å². The summed E-state index contributed by atoms with van der Waals surface area (Å²) in [5, 5.41) is 12.8. The molecule has 0 saturated heterocycles. The van der Waals surface area contributed by atoms with Gasteiger partial charge in [-0.15, -0.1) is 11.3 Å². The maximum absolute atomic E-state index is 12.2. The molecule has 1 aromatic carbocycles. The number of hydrogen-bond acceptors (Lipinski definition) is 5. The maximum atomic E-state index is 12.2. The van der Waals surface area contributed by atoms with E-state index in [-0.39, 0.29) is 12.3 Å². The molecule has 0 radical (unpaired) electrons. The molecule has 0 aliphatic heterocycles. The first-order chi connectivity index (χ1) is 10.7. The summed E-state index contributed by atoms with van der Waals surface area (Å²) in [6, 6.07) is 6.31. The van der Waals surface area contributed by atoms with Crippen molar-refractivity contribution in [2.45, 2.75) is 32.3 Å². The van der Waals surface area contributed by atoms with E-state index in [0.717, 1.165) is 31.2 Å². The number of carbonyl (C=O) groups excluding carboxylic acids is 1. The third-order valence-corrected chi connectivity index (χ3v) is 4.92. The van der Waals surface area contributed by atoms with Crippen LogP contribution in [-0.4, -0.2) is 10.9 Å². The van der Waals surface area contributed by atoms with Crippen LogP contribution in [0.5, 0.6) is 0 Å². The predicted molar refractivity (Wildman–Crippen MR) is 83.2 cm³/mol. The van der Waals surface area contributed by atoms with Crippen molar-refractivity contribution >= 4 is 23.0 Å². The number of nitro benzene ring substituents is 1. The van der Waals surface area contributed by atoms with Crippen LogP contribution in [0.3, 0.4) is 0 Å². The summed E-state index contributed by atoms with van der Waals surface area (Å²) in [4.78, 5) is 24.0. The second kappa shape index (κ2) is 6.27. The van der Waals surface area contributed by atoms with Gasteiger partial charge in [-0.2, -0.15) is 0 Å². The maximum Gasteiger partial charge on any atom is 0.339 e. The number of ether oxygens (including phenoxy) is 1. The minimum atomic E-state index is -0.463. The van der Waals surface area contributed by atoms with Crippen LogP contribution in [0, 0.1) is 10.1 Å². The third kappa shape index (κ3) is 2.87. The molecule has 1 aromatic heterocycles. The summed E-state index contributed by atoms with van der Waals surface area (Å²) in [7, 11) is 0. The van der Waals surface area contributed by atoms with E-state index in [0.29, 0.717) is 11.1 Å². The Balaban J connectivity index is 1.73. The molecule has 2 aromatic rings. The molecule has 22 heavy (non-hydrogen) atoms. The van der Waals surface area contributed by atoms with E-state index < -0.39 is 10.9 Å². The van der Waals surface area contributed by atoms with Crippen LogP contribution in [0.2, 0.25) is 0 Å². The smallest absolute Gasteiger partial charge is 0.339 e. The van der Waals surface area contributed by atoms with Gasteiger partial charge < -0.3 is 4.74 Å². The molecule has 3 rings (SSSR count). The fraction of sp³-hybridized carbons (Fsp3) is 0.312. The number of hydrogen-bond donors (Lipinski definition) is 0. The van der Waals surface area contributed by atoms with Gasteiger partial charge in [-0.1, -0.05) is 12.1 Å². The van der Waals surface area contributed by atoms with Crippen molar-refractivity contribution in [1.82, 2.24) is 0 Å². The summed E-state index contributed by atoms with van der Waals surface area (Å²) in [5.41, 5.74) is 2.11. The predicted octanol–water partition coefficient (Wildman–Crippen LogP) is 3.89. The molecule has 6 heteroatoms. The molecule has 0 atom stereocenters. The van der Waals surface area contributed by atoms with Gasteiger partial charge in [0, 0.05) is 16.3 Å². The Morgan fingerprint density at radius 1 is 1.27 bits per heavy atom. The Morgan fingerprint density at radius 3 is 2.86 bits per heavy atom.